The summed E-state index contributed by atoms with van der Waals surface area (Å²) in [4.78, 5) is 0.406. The topological polar surface area (TPSA) is 67.2 Å². The molecule has 0 radical (unpaired) electrons. The average molecular weight is 379 g/mol. The number of nitrogens with zero attached hydrogens (tertiary/aromatic N) is 3. The van der Waals surface area contributed by atoms with Crippen LogP contribution in [-0.4, -0.2) is 49.2 Å². The lowest BCUT2D eigenvalue weighted by atomic mass is 10.00. The molecule has 0 aliphatic carbocycles. The van der Waals surface area contributed by atoms with Crippen LogP contribution < -0.4 is 5.32 Å². The molecule has 0 bridgehead atoms. The maximum absolute atomic E-state index is 13.1. The minimum Gasteiger partial charge on any atom is -0.319 e. The third kappa shape index (κ3) is 4.50. The molecular weight excluding hydrogens is 348 g/mol. The molecule has 1 aliphatic rings. The second-order valence-electron chi connectivity index (χ2n) is 7.00. The van der Waals surface area contributed by atoms with Gasteiger partial charge in [0, 0.05) is 19.6 Å². The molecule has 24 heavy (non-hydrogen) atoms. The van der Waals surface area contributed by atoms with E-state index in [0.717, 1.165) is 31.6 Å². The predicted molar refractivity (Wildman–Crippen MR) is 99.2 cm³/mol. The second kappa shape index (κ2) is 8.65. The smallest absolute Gasteiger partial charge is 0.246 e. The van der Waals surface area contributed by atoms with Crippen molar-refractivity contribution < 1.29 is 8.42 Å². The largest absolute Gasteiger partial charge is 0.319 e. The van der Waals surface area contributed by atoms with Gasteiger partial charge in [0.15, 0.2) is 0 Å². The fourth-order valence-corrected chi connectivity index (χ4v) is 5.33. The van der Waals surface area contributed by atoms with Gasteiger partial charge in [0.2, 0.25) is 10.0 Å². The highest BCUT2D eigenvalue weighted by Gasteiger charge is 2.34. The molecule has 1 fully saturated rings. The number of rotatable bonds is 6. The van der Waals surface area contributed by atoms with Crippen LogP contribution in [0.4, 0.5) is 0 Å². The van der Waals surface area contributed by atoms with Crippen molar-refractivity contribution in [2.75, 3.05) is 26.7 Å². The number of halogens is 1. The maximum Gasteiger partial charge on any atom is 0.246 e. The van der Waals surface area contributed by atoms with Gasteiger partial charge in [-0.05, 0) is 52.1 Å². The fraction of sp³-hybridized carbons (Fsp3) is 0.812. The van der Waals surface area contributed by atoms with E-state index in [1.165, 1.54) is 0 Å². The lowest BCUT2D eigenvalue weighted by Gasteiger charge is -2.31. The molecule has 0 amide bonds. The second-order valence-corrected chi connectivity index (χ2v) is 8.88. The van der Waals surface area contributed by atoms with E-state index in [2.05, 4.69) is 24.3 Å². The zero-order chi connectivity index (χ0) is 17.2. The van der Waals surface area contributed by atoms with Crippen LogP contribution in [0.5, 0.6) is 0 Å². The quantitative estimate of drug-likeness (QED) is 0.823. The van der Waals surface area contributed by atoms with Crippen molar-refractivity contribution in [3.63, 3.8) is 0 Å². The summed E-state index contributed by atoms with van der Waals surface area (Å²) >= 11 is 0. The number of nitrogens with one attached hydrogen (secondary N) is 1. The molecule has 6 nitrogen and oxygen atoms in total. The van der Waals surface area contributed by atoms with E-state index >= 15 is 0 Å². The molecule has 2 heterocycles. The normalized spacial score (nSPS) is 19.5. The number of sulfonamides is 1. The Morgan fingerprint density at radius 3 is 2.58 bits per heavy atom. The van der Waals surface area contributed by atoms with Gasteiger partial charge in [0.25, 0.3) is 0 Å². The van der Waals surface area contributed by atoms with Crippen LogP contribution in [0.2, 0.25) is 0 Å². The van der Waals surface area contributed by atoms with Crippen LogP contribution in [0, 0.1) is 25.7 Å². The molecule has 1 aromatic rings. The minimum absolute atomic E-state index is 0. The Balaban J connectivity index is 0.00000288. The lowest BCUT2D eigenvalue weighted by Crippen LogP contribution is -2.42. The Morgan fingerprint density at radius 2 is 2.00 bits per heavy atom. The van der Waals surface area contributed by atoms with Crippen molar-refractivity contribution in [2.45, 2.75) is 52.0 Å². The molecule has 1 aromatic heterocycles. The Labute approximate surface area is 152 Å². The van der Waals surface area contributed by atoms with Crippen molar-refractivity contribution in [2.24, 2.45) is 11.8 Å². The van der Waals surface area contributed by atoms with Crippen LogP contribution in [0.1, 0.15) is 38.1 Å². The van der Waals surface area contributed by atoms with Gasteiger partial charge < -0.3 is 5.32 Å². The Hall–Kier alpha value is -0.630. The van der Waals surface area contributed by atoms with Gasteiger partial charge in [0.05, 0.1) is 11.4 Å². The first-order valence-electron chi connectivity index (χ1n) is 8.46. The van der Waals surface area contributed by atoms with Crippen LogP contribution >= 0.6 is 12.4 Å². The maximum atomic E-state index is 13.1. The van der Waals surface area contributed by atoms with Gasteiger partial charge in [-0.1, -0.05) is 13.8 Å². The number of hydrogen-bond acceptors (Lipinski definition) is 4. The van der Waals surface area contributed by atoms with E-state index in [-0.39, 0.29) is 12.4 Å². The molecular formula is C16H31ClN4O2S. The molecule has 140 valence electrons. The SMILES string of the molecule is CNCC1CCCN(S(=O)(=O)c2c(C)nn(CC(C)C)c2C)C1.Cl. The summed E-state index contributed by atoms with van der Waals surface area (Å²) in [7, 11) is -1.55. The number of aromatic nitrogens is 2. The van der Waals surface area contributed by atoms with Crippen LogP contribution in [0.3, 0.4) is 0 Å². The number of aryl methyl sites for hydroxylation is 1. The molecule has 1 N–H and O–H groups in total. The zero-order valence-corrected chi connectivity index (χ0v) is 17.0. The third-order valence-electron chi connectivity index (χ3n) is 4.43. The summed E-state index contributed by atoms with van der Waals surface area (Å²) in [5.74, 6) is 0.813. The van der Waals surface area contributed by atoms with Crippen molar-refractivity contribution in [1.82, 2.24) is 19.4 Å². The Bertz CT molecular complexity index is 641. The van der Waals surface area contributed by atoms with E-state index in [1.807, 2.05) is 18.7 Å². The van der Waals surface area contributed by atoms with Gasteiger partial charge in [0.1, 0.15) is 4.90 Å². The molecule has 2 rings (SSSR count). The predicted octanol–water partition coefficient (Wildman–Crippen LogP) is 2.20. The van der Waals surface area contributed by atoms with Crippen molar-refractivity contribution in [3.05, 3.63) is 11.4 Å². The number of hydrogen-bond donors (Lipinski definition) is 1. The molecule has 0 aromatic carbocycles. The summed E-state index contributed by atoms with van der Waals surface area (Å²) in [5.41, 5.74) is 1.37. The van der Waals surface area contributed by atoms with Gasteiger partial charge in [-0.15, -0.1) is 12.4 Å². The highest BCUT2D eigenvalue weighted by Crippen LogP contribution is 2.28. The molecule has 0 spiro atoms. The number of piperidine rings is 1. The van der Waals surface area contributed by atoms with Crippen LogP contribution in [-0.2, 0) is 16.6 Å². The first-order chi connectivity index (χ1) is 10.8. The molecule has 0 saturated carbocycles. The van der Waals surface area contributed by atoms with Gasteiger partial charge in [-0.3, -0.25) is 4.68 Å². The molecule has 1 aliphatic heterocycles. The van der Waals surface area contributed by atoms with E-state index < -0.39 is 10.0 Å². The van der Waals surface area contributed by atoms with Gasteiger partial charge >= 0.3 is 0 Å². The summed E-state index contributed by atoms with van der Waals surface area (Å²) in [6.07, 6.45) is 2.00. The summed E-state index contributed by atoms with van der Waals surface area (Å²) in [6.45, 7) is 10.7. The molecule has 1 atom stereocenters. The lowest BCUT2D eigenvalue weighted by molar-refractivity contribution is 0.263. The third-order valence-corrected chi connectivity index (χ3v) is 6.54. The van der Waals surface area contributed by atoms with E-state index in [0.29, 0.717) is 35.5 Å². The van der Waals surface area contributed by atoms with Gasteiger partial charge in [-0.25, -0.2) is 8.42 Å². The average Bonchev–Trinajstić information content (AvgIpc) is 2.73. The van der Waals surface area contributed by atoms with Crippen molar-refractivity contribution in [1.29, 1.82) is 0 Å². The molecule has 1 saturated heterocycles. The van der Waals surface area contributed by atoms with Crippen LogP contribution in [0.15, 0.2) is 4.90 Å². The van der Waals surface area contributed by atoms with Crippen molar-refractivity contribution in [3.8, 4) is 0 Å². The minimum atomic E-state index is -3.47. The van der Waals surface area contributed by atoms with Crippen molar-refractivity contribution >= 4 is 22.4 Å². The highest BCUT2D eigenvalue weighted by molar-refractivity contribution is 7.89. The summed E-state index contributed by atoms with van der Waals surface area (Å²) in [6, 6.07) is 0. The first kappa shape index (κ1) is 21.4. The molecule has 1 unspecified atom stereocenters. The zero-order valence-electron chi connectivity index (χ0n) is 15.4. The fourth-order valence-electron chi connectivity index (χ4n) is 3.41. The highest BCUT2D eigenvalue weighted by atomic mass is 35.5. The van der Waals surface area contributed by atoms with E-state index in [1.54, 1.807) is 11.2 Å². The van der Waals surface area contributed by atoms with Crippen LogP contribution in [0.25, 0.3) is 0 Å². The first-order valence-corrected chi connectivity index (χ1v) is 9.90. The Morgan fingerprint density at radius 1 is 1.33 bits per heavy atom. The van der Waals surface area contributed by atoms with E-state index in [9.17, 15) is 8.42 Å². The van der Waals surface area contributed by atoms with E-state index in [4.69, 9.17) is 0 Å². The van der Waals surface area contributed by atoms with Gasteiger partial charge in [-0.2, -0.15) is 9.40 Å². The standard InChI is InChI=1S/C16H30N4O2S.ClH/c1-12(2)10-20-14(4)16(13(3)18-20)23(21,22)19-8-6-7-15(11-19)9-17-5;/h12,15,17H,6-11H2,1-5H3;1H. The summed E-state index contributed by atoms with van der Waals surface area (Å²) < 4.78 is 29.7. The summed E-state index contributed by atoms with van der Waals surface area (Å²) in [5, 5.41) is 7.62. The Kier molecular flexibility index (Phi) is 7.72. The monoisotopic (exact) mass is 378 g/mol. The molecule has 8 heteroatoms.